The Morgan fingerprint density at radius 3 is 2.04 bits per heavy atom. The number of rotatable bonds is 5. The number of ether oxygens (including phenoxy) is 2. The quantitative estimate of drug-likeness (QED) is 0.505. The molecule has 0 unspecified atom stereocenters. The fourth-order valence-corrected chi connectivity index (χ4v) is 2.02. The summed E-state index contributed by atoms with van der Waals surface area (Å²) in [6.07, 6.45) is 1.42. The average molecular weight is 333 g/mol. The van der Waals surface area contributed by atoms with Crippen LogP contribution in [-0.4, -0.2) is 9.91 Å². The first kappa shape index (κ1) is 16.0. The molecule has 2 aromatic carbocycles. The fraction of sp³-hybridized carbons (Fsp3) is 0. The lowest BCUT2D eigenvalue weighted by atomic mass is 10.2. The van der Waals surface area contributed by atoms with E-state index in [2.05, 4.69) is 4.98 Å². The predicted molar refractivity (Wildman–Crippen MR) is 88.6 cm³/mol. The number of nitriles is 1. The van der Waals surface area contributed by atoms with E-state index in [1.54, 1.807) is 48.5 Å². The van der Waals surface area contributed by atoms with E-state index in [-0.39, 0.29) is 11.6 Å². The van der Waals surface area contributed by atoms with Crippen LogP contribution in [0.5, 0.6) is 23.1 Å². The Bertz CT molecular complexity index is 932. The number of nitrogens with zero attached hydrogens (tertiary/aromatic N) is 3. The zero-order valence-corrected chi connectivity index (χ0v) is 12.8. The zero-order valence-electron chi connectivity index (χ0n) is 12.8. The largest absolute Gasteiger partial charge is 0.457 e. The van der Waals surface area contributed by atoms with Gasteiger partial charge in [0.15, 0.2) is 0 Å². The SMILES string of the molecule is N#Cc1ccc(Oc2ccc(Oc3ncccc3[N+](=O)[O-])cc2)cc1. The van der Waals surface area contributed by atoms with Crippen LogP contribution in [0.3, 0.4) is 0 Å². The smallest absolute Gasteiger partial charge is 0.331 e. The minimum atomic E-state index is -0.551. The van der Waals surface area contributed by atoms with Crippen LogP contribution in [0.25, 0.3) is 0 Å². The molecule has 0 aliphatic carbocycles. The van der Waals surface area contributed by atoms with E-state index in [0.29, 0.717) is 22.8 Å². The number of benzene rings is 2. The van der Waals surface area contributed by atoms with E-state index in [1.165, 1.54) is 18.3 Å². The van der Waals surface area contributed by atoms with Crippen LogP contribution in [0.2, 0.25) is 0 Å². The van der Waals surface area contributed by atoms with Gasteiger partial charge in [-0.2, -0.15) is 5.26 Å². The molecule has 7 heteroatoms. The van der Waals surface area contributed by atoms with E-state index in [4.69, 9.17) is 14.7 Å². The number of hydrogen-bond donors (Lipinski definition) is 0. The van der Waals surface area contributed by atoms with E-state index < -0.39 is 4.92 Å². The lowest BCUT2D eigenvalue weighted by molar-refractivity contribution is -0.386. The summed E-state index contributed by atoms with van der Waals surface area (Å²) >= 11 is 0. The van der Waals surface area contributed by atoms with Crippen LogP contribution < -0.4 is 9.47 Å². The Labute approximate surface area is 142 Å². The zero-order chi connectivity index (χ0) is 17.6. The second-order valence-electron chi connectivity index (χ2n) is 4.90. The Kier molecular flexibility index (Phi) is 4.53. The molecule has 3 aromatic rings. The van der Waals surface area contributed by atoms with E-state index in [9.17, 15) is 10.1 Å². The Hall–Kier alpha value is -3.92. The molecular formula is C18H11N3O4. The Morgan fingerprint density at radius 1 is 0.920 bits per heavy atom. The molecule has 0 aliphatic rings. The highest BCUT2D eigenvalue weighted by atomic mass is 16.6. The van der Waals surface area contributed by atoms with Crippen molar-refractivity contribution < 1.29 is 14.4 Å². The maximum atomic E-state index is 11.0. The first-order valence-electron chi connectivity index (χ1n) is 7.21. The van der Waals surface area contributed by atoms with Gasteiger partial charge in [-0.25, -0.2) is 4.98 Å². The van der Waals surface area contributed by atoms with Gasteiger partial charge in [0.25, 0.3) is 5.88 Å². The summed E-state index contributed by atoms with van der Waals surface area (Å²) in [6.45, 7) is 0. The highest BCUT2D eigenvalue weighted by Gasteiger charge is 2.16. The molecule has 0 aliphatic heterocycles. The van der Waals surface area contributed by atoms with E-state index in [0.717, 1.165) is 0 Å². The van der Waals surface area contributed by atoms with Gasteiger partial charge in [-0.05, 0) is 54.6 Å². The minimum absolute atomic E-state index is 0.0757. The molecule has 0 saturated carbocycles. The molecule has 0 radical (unpaired) electrons. The van der Waals surface area contributed by atoms with E-state index >= 15 is 0 Å². The van der Waals surface area contributed by atoms with Crippen molar-refractivity contribution in [2.45, 2.75) is 0 Å². The van der Waals surface area contributed by atoms with Gasteiger partial charge in [-0.3, -0.25) is 10.1 Å². The van der Waals surface area contributed by atoms with Gasteiger partial charge in [0.2, 0.25) is 0 Å². The first-order valence-corrected chi connectivity index (χ1v) is 7.21. The summed E-state index contributed by atoms with van der Waals surface area (Å²) in [4.78, 5) is 14.3. The molecule has 1 heterocycles. The fourth-order valence-electron chi connectivity index (χ4n) is 2.02. The van der Waals surface area contributed by atoms with Crippen molar-refractivity contribution in [2.24, 2.45) is 0 Å². The maximum Gasteiger partial charge on any atom is 0.331 e. The van der Waals surface area contributed by atoms with Crippen LogP contribution in [0.15, 0.2) is 66.9 Å². The standard InChI is InChI=1S/C18H11N3O4/c19-12-13-3-5-14(6-4-13)24-15-7-9-16(10-8-15)25-18-17(21(22)23)2-1-11-20-18/h1-11H. The summed E-state index contributed by atoms with van der Waals surface area (Å²) in [5.41, 5.74) is 0.341. The van der Waals surface area contributed by atoms with Crippen molar-refractivity contribution in [1.29, 1.82) is 5.26 Å². The molecule has 25 heavy (non-hydrogen) atoms. The summed E-state index contributed by atoms with van der Waals surface area (Å²) in [6, 6.07) is 18.1. The molecule has 7 nitrogen and oxygen atoms in total. The Balaban J connectivity index is 1.72. The minimum Gasteiger partial charge on any atom is -0.457 e. The molecule has 1 aromatic heterocycles. The first-order chi connectivity index (χ1) is 12.2. The van der Waals surface area contributed by atoms with Gasteiger partial charge in [-0.1, -0.05) is 0 Å². The molecule has 0 saturated heterocycles. The average Bonchev–Trinajstić information content (AvgIpc) is 2.64. The molecule has 0 N–H and O–H groups in total. The summed E-state index contributed by atoms with van der Waals surface area (Å²) < 4.78 is 11.1. The third-order valence-electron chi connectivity index (χ3n) is 3.21. The topological polar surface area (TPSA) is 98.3 Å². The number of hydrogen-bond acceptors (Lipinski definition) is 6. The summed E-state index contributed by atoms with van der Waals surface area (Å²) in [7, 11) is 0. The molecule has 0 amide bonds. The monoisotopic (exact) mass is 333 g/mol. The second-order valence-corrected chi connectivity index (χ2v) is 4.90. The summed E-state index contributed by atoms with van der Waals surface area (Å²) in [5, 5.41) is 19.7. The highest BCUT2D eigenvalue weighted by Crippen LogP contribution is 2.30. The second kappa shape index (κ2) is 7.10. The van der Waals surface area contributed by atoms with Crippen LogP contribution in [0.1, 0.15) is 5.56 Å². The van der Waals surface area contributed by atoms with Gasteiger partial charge in [0.05, 0.1) is 16.6 Å². The third-order valence-corrected chi connectivity index (χ3v) is 3.21. The lowest BCUT2D eigenvalue weighted by Gasteiger charge is -2.08. The maximum absolute atomic E-state index is 11.0. The van der Waals surface area contributed by atoms with Crippen LogP contribution in [0.4, 0.5) is 5.69 Å². The van der Waals surface area contributed by atoms with Crippen molar-refractivity contribution in [3.63, 3.8) is 0 Å². The summed E-state index contributed by atoms with van der Waals surface area (Å²) in [5.74, 6) is 1.47. The molecule has 122 valence electrons. The number of aromatic nitrogens is 1. The van der Waals surface area contributed by atoms with Crippen molar-refractivity contribution in [3.8, 4) is 29.2 Å². The van der Waals surface area contributed by atoms with Crippen molar-refractivity contribution >= 4 is 5.69 Å². The number of nitro groups is 1. The van der Waals surface area contributed by atoms with Gasteiger partial charge < -0.3 is 9.47 Å². The third kappa shape index (κ3) is 3.89. The number of pyridine rings is 1. The van der Waals surface area contributed by atoms with Crippen molar-refractivity contribution in [3.05, 3.63) is 82.5 Å². The molecular weight excluding hydrogens is 322 g/mol. The van der Waals surface area contributed by atoms with Gasteiger partial charge in [0, 0.05) is 12.3 Å². The molecule has 0 bridgehead atoms. The molecule has 0 fully saturated rings. The van der Waals surface area contributed by atoms with Crippen LogP contribution in [0, 0.1) is 21.4 Å². The lowest BCUT2D eigenvalue weighted by Crippen LogP contribution is -1.95. The van der Waals surface area contributed by atoms with Crippen LogP contribution in [-0.2, 0) is 0 Å². The Morgan fingerprint density at radius 2 is 1.48 bits per heavy atom. The van der Waals surface area contributed by atoms with Crippen molar-refractivity contribution in [1.82, 2.24) is 4.98 Å². The van der Waals surface area contributed by atoms with Gasteiger partial charge >= 0.3 is 5.69 Å². The molecule has 0 atom stereocenters. The molecule has 0 spiro atoms. The molecule has 3 rings (SSSR count). The van der Waals surface area contributed by atoms with Gasteiger partial charge in [-0.15, -0.1) is 0 Å². The van der Waals surface area contributed by atoms with Crippen molar-refractivity contribution in [2.75, 3.05) is 0 Å². The normalized spacial score (nSPS) is 9.88. The predicted octanol–water partition coefficient (Wildman–Crippen LogP) is 4.45. The van der Waals surface area contributed by atoms with Crippen LogP contribution >= 0.6 is 0 Å². The van der Waals surface area contributed by atoms with Gasteiger partial charge in [0.1, 0.15) is 17.2 Å². The highest BCUT2D eigenvalue weighted by molar-refractivity contribution is 5.44. The van der Waals surface area contributed by atoms with E-state index in [1.807, 2.05) is 6.07 Å².